The van der Waals surface area contributed by atoms with Crippen LogP contribution in [0.5, 0.6) is 0 Å². The smallest absolute Gasteiger partial charge is 0.243 e. The predicted octanol–water partition coefficient (Wildman–Crippen LogP) is 2.28. The van der Waals surface area contributed by atoms with Gasteiger partial charge in [0.05, 0.1) is 0 Å². The van der Waals surface area contributed by atoms with Gasteiger partial charge in [0.15, 0.2) is 0 Å². The number of halogens is 1. The standard InChI is InChI=1S/C20H24FN3O3S/c21-18-10-4-5-11-19(18)28(26,27)23-13-12-20(25)22-15-17-9-6-14-24(17)16-7-2-1-3-8-16/h1-5,7-8,10-11,17,23H,6,9,12-15H2,(H,22,25). The van der Waals surface area contributed by atoms with E-state index < -0.39 is 20.7 Å². The van der Waals surface area contributed by atoms with E-state index in [0.29, 0.717) is 6.54 Å². The first-order valence-corrected chi connectivity index (χ1v) is 10.8. The molecule has 1 saturated heterocycles. The fraction of sp³-hybridized carbons (Fsp3) is 0.350. The van der Waals surface area contributed by atoms with Crippen molar-refractivity contribution in [2.24, 2.45) is 0 Å². The minimum Gasteiger partial charge on any atom is -0.367 e. The van der Waals surface area contributed by atoms with Gasteiger partial charge in [0.25, 0.3) is 0 Å². The number of nitrogens with zero attached hydrogens (tertiary/aromatic N) is 1. The van der Waals surface area contributed by atoms with Crippen molar-refractivity contribution < 1.29 is 17.6 Å². The van der Waals surface area contributed by atoms with E-state index in [1.165, 1.54) is 18.2 Å². The maximum Gasteiger partial charge on any atom is 0.243 e. The first-order valence-electron chi connectivity index (χ1n) is 9.30. The highest BCUT2D eigenvalue weighted by Crippen LogP contribution is 2.24. The molecule has 28 heavy (non-hydrogen) atoms. The summed E-state index contributed by atoms with van der Waals surface area (Å²) in [4.78, 5) is 14.0. The minimum atomic E-state index is -3.98. The molecular formula is C20H24FN3O3S. The van der Waals surface area contributed by atoms with Crippen molar-refractivity contribution in [2.45, 2.75) is 30.2 Å². The average molecular weight is 405 g/mol. The van der Waals surface area contributed by atoms with Gasteiger partial charge in [-0.3, -0.25) is 4.79 Å². The molecule has 1 heterocycles. The lowest BCUT2D eigenvalue weighted by Gasteiger charge is -2.27. The summed E-state index contributed by atoms with van der Waals surface area (Å²) in [5.74, 6) is -1.06. The van der Waals surface area contributed by atoms with E-state index in [2.05, 4.69) is 27.1 Å². The Morgan fingerprint density at radius 3 is 2.57 bits per heavy atom. The number of hydrogen-bond acceptors (Lipinski definition) is 4. The molecule has 1 unspecified atom stereocenters. The molecule has 0 aromatic heterocycles. The first-order chi connectivity index (χ1) is 13.5. The van der Waals surface area contributed by atoms with Crippen LogP contribution in [-0.4, -0.2) is 40.0 Å². The van der Waals surface area contributed by atoms with Crippen LogP contribution in [0.15, 0.2) is 59.5 Å². The molecule has 0 saturated carbocycles. The quantitative estimate of drug-likeness (QED) is 0.706. The second kappa shape index (κ2) is 9.16. The van der Waals surface area contributed by atoms with Crippen LogP contribution in [-0.2, 0) is 14.8 Å². The van der Waals surface area contributed by atoms with Gasteiger partial charge in [-0.25, -0.2) is 17.5 Å². The highest BCUT2D eigenvalue weighted by atomic mass is 32.2. The van der Waals surface area contributed by atoms with Crippen LogP contribution < -0.4 is 14.9 Å². The number of anilines is 1. The second-order valence-electron chi connectivity index (χ2n) is 6.71. The van der Waals surface area contributed by atoms with E-state index in [1.807, 2.05) is 18.2 Å². The van der Waals surface area contributed by atoms with Gasteiger partial charge in [0, 0.05) is 37.8 Å². The van der Waals surface area contributed by atoms with Crippen LogP contribution in [0.25, 0.3) is 0 Å². The number of sulfonamides is 1. The van der Waals surface area contributed by atoms with Crippen molar-refractivity contribution in [1.29, 1.82) is 0 Å². The third kappa shape index (κ3) is 5.08. The summed E-state index contributed by atoms with van der Waals surface area (Å²) >= 11 is 0. The molecule has 1 aliphatic heterocycles. The predicted molar refractivity (Wildman–Crippen MR) is 106 cm³/mol. The number of nitrogens with one attached hydrogen (secondary N) is 2. The second-order valence-corrected chi connectivity index (χ2v) is 8.44. The third-order valence-corrected chi connectivity index (χ3v) is 6.26. The van der Waals surface area contributed by atoms with Crippen molar-refractivity contribution in [3.05, 3.63) is 60.4 Å². The summed E-state index contributed by atoms with van der Waals surface area (Å²) in [6, 6.07) is 15.4. The lowest BCUT2D eigenvalue weighted by molar-refractivity contribution is -0.120. The van der Waals surface area contributed by atoms with Gasteiger partial charge < -0.3 is 10.2 Å². The lowest BCUT2D eigenvalue weighted by Crippen LogP contribution is -2.41. The van der Waals surface area contributed by atoms with E-state index in [-0.39, 0.29) is 24.9 Å². The summed E-state index contributed by atoms with van der Waals surface area (Å²) in [6.45, 7) is 1.37. The number of rotatable bonds is 8. The largest absolute Gasteiger partial charge is 0.367 e. The van der Waals surface area contributed by atoms with E-state index in [4.69, 9.17) is 0 Å². The van der Waals surface area contributed by atoms with Crippen molar-refractivity contribution >= 4 is 21.6 Å². The average Bonchev–Trinajstić information content (AvgIpc) is 3.16. The Labute approximate surface area is 164 Å². The molecule has 1 atom stereocenters. The van der Waals surface area contributed by atoms with Crippen LogP contribution in [0.1, 0.15) is 19.3 Å². The number of para-hydroxylation sites is 1. The van der Waals surface area contributed by atoms with Crippen LogP contribution in [0.3, 0.4) is 0 Å². The van der Waals surface area contributed by atoms with E-state index in [0.717, 1.165) is 31.1 Å². The van der Waals surface area contributed by atoms with Crippen LogP contribution in [0.2, 0.25) is 0 Å². The summed E-state index contributed by atoms with van der Waals surface area (Å²) in [7, 11) is -3.98. The molecule has 2 N–H and O–H groups in total. The zero-order valence-electron chi connectivity index (χ0n) is 15.5. The maximum atomic E-state index is 13.6. The van der Waals surface area contributed by atoms with E-state index in [9.17, 15) is 17.6 Å². The highest BCUT2D eigenvalue weighted by molar-refractivity contribution is 7.89. The molecule has 1 aliphatic rings. The Hall–Kier alpha value is -2.45. The zero-order chi connectivity index (χ0) is 20.0. The van der Waals surface area contributed by atoms with Gasteiger partial charge in [-0.05, 0) is 37.1 Å². The Morgan fingerprint density at radius 1 is 1.11 bits per heavy atom. The van der Waals surface area contributed by atoms with E-state index >= 15 is 0 Å². The van der Waals surface area contributed by atoms with Gasteiger partial charge in [-0.15, -0.1) is 0 Å². The SMILES string of the molecule is O=C(CCNS(=O)(=O)c1ccccc1F)NCC1CCCN1c1ccccc1. The molecule has 0 spiro atoms. The molecule has 150 valence electrons. The Bertz CT molecular complexity index is 906. The number of amides is 1. The number of benzene rings is 2. The molecule has 3 rings (SSSR count). The fourth-order valence-corrected chi connectivity index (χ4v) is 4.48. The molecule has 1 fully saturated rings. The fourth-order valence-electron chi connectivity index (χ4n) is 3.37. The molecule has 2 aromatic rings. The molecule has 6 nitrogen and oxygen atoms in total. The molecule has 1 amide bonds. The molecule has 8 heteroatoms. The normalized spacial score (nSPS) is 16.9. The molecule has 0 radical (unpaired) electrons. The molecule has 0 bridgehead atoms. The molecular weight excluding hydrogens is 381 g/mol. The lowest BCUT2D eigenvalue weighted by atomic mass is 10.2. The Balaban J connectivity index is 1.45. The summed E-state index contributed by atoms with van der Waals surface area (Å²) in [5, 5.41) is 2.87. The number of carbonyl (C=O) groups excluding carboxylic acids is 1. The topological polar surface area (TPSA) is 78.5 Å². The van der Waals surface area contributed by atoms with Crippen LogP contribution >= 0.6 is 0 Å². The van der Waals surface area contributed by atoms with Crippen molar-refractivity contribution in [3.8, 4) is 0 Å². The summed E-state index contributed by atoms with van der Waals surface area (Å²) in [6.07, 6.45) is 2.05. The monoisotopic (exact) mass is 405 g/mol. The van der Waals surface area contributed by atoms with Crippen molar-refractivity contribution in [3.63, 3.8) is 0 Å². The van der Waals surface area contributed by atoms with Gasteiger partial charge >= 0.3 is 0 Å². The maximum absolute atomic E-state index is 13.6. The van der Waals surface area contributed by atoms with Gasteiger partial charge in [-0.2, -0.15) is 0 Å². The van der Waals surface area contributed by atoms with Gasteiger partial charge in [-0.1, -0.05) is 30.3 Å². The van der Waals surface area contributed by atoms with Gasteiger partial charge in [0.2, 0.25) is 15.9 Å². The highest BCUT2D eigenvalue weighted by Gasteiger charge is 2.25. The number of hydrogen-bond donors (Lipinski definition) is 2. The molecule has 0 aliphatic carbocycles. The van der Waals surface area contributed by atoms with Crippen molar-refractivity contribution in [1.82, 2.24) is 10.0 Å². The van der Waals surface area contributed by atoms with Gasteiger partial charge in [0.1, 0.15) is 10.7 Å². The van der Waals surface area contributed by atoms with Crippen molar-refractivity contribution in [2.75, 3.05) is 24.5 Å². The molecule has 2 aromatic carbocycles. The summed E-state index contributed by atoms with van der Waals surface area (Å²) in [5.41, 5.74) is 1.14. The van der Waals surface area contributed by atoms with E-state index in [1.54, 1.807) is 0 Å². The third-order valence-electron chi connectivity index (χ3n) is 4.77. The Morgan fingerprint density at radius 2 is 1.82 bits per heavy atom. The van der Waals surface area contributed by atoms with Crippen LogP contribution in [0, 0.1) is 5.82 Å². The number of carbonyl (C=O) groups is 1. The minimum absolute atomic E-state index is 0.00819. The first kappa shape index (κ1) is 20.3. The Kier molecular flexibility index (Phi) is 6.64. The summed E-state index contributed by atoms with van der Waals surface area (Å²) < 4.78 is 40.1. The zero-order valence-corrected chi connectivity index (χ0v) is 16.3. The van der Waals surface area contributed by atoms with Crippen LogP contribution in [0.4, 0.5) is 10.1 Å².